The molecule has 0 fully saturated rings. The Morgan fingerprint density at radius 2 is 0.750 bits per heavy atom. The number of benzene rings is 12. The van der Waals surface area contributed by atoms with Crippen molar-refractivity contribution >= 4 is 79.0 Å². The molecule has 0 amide bonds. The first-order valence-electron chi connectivity index (χ1n) is 35.0. The molecule has 96 heavy (non-hydrogen) atoms. The number of hydrogen-bond donors (Lipinski definition) is 0. The fourth-order valence-electron chi connectivity index (χ4n) is 17.2. The van der Waals surface area contributed by atoms with Crippen LogP contribution in [0, 0.1) is 0 Å². The molecule has 2 aliphatic carbocycles. The van der Waals surface area contributed by atoms with Gasteiger partial charge < -0.3 is 14.4 Å². The maximum absolute atomic E-state index is 2.62. The van der Waals surface area contributed by atoms with Gasteiger partial charge in [0.1, 0.15) is 0 Å². The molecule has 0 spiro atoms. The number of aromatic nitrogens is 1. The second-order valence-electron chi connectivity index (χ2n) is 31.8. The Labute approximate surface area is 568 Å². The number of hydrogen-bond acceptors (Lipinski definition) is 2. The van der Waals surface area contributed by atoms with Gasteiger partial charge >= 0.3 is 0 Å². The lowest BCUT2D eigenvalue weighted by Crippen LogP contribution is -2.61. The third-order valence-electron chi connectivity index (χ3n) is 22.9. The van der Waals surface area contributed by atoms with Gasteiger partial charge in [0.25, 0.3) is 6.71 Å². The third-order valence-corrected chi connectivity index (χ3v) is 22.9. The molecule has 0 N–H and O–H groups in total. The number of nitrogens with zero attached hydrogens (tertiary/aromatic N) is 3. The molecule has 2 aliphatic heterocycles. The molecule has 3 heterocycles. The zero-order chi connectivity index (χ0) is 65.8. The van der Waals surface area contributed by atoms with Crippen LogP contribution in [-0.2, 0) is 27.1 Å². The van der Waals surface area contributed by atoms with Gasteiger partial charge in [-0.25, -0.2) is 0 Å². The molecule has 0 radical (unpaired) electrons. The van der Waals surface area contributed by atoms with Gasteiger partial charge in [0.05, 0.1) is 11.0 Å². The summed E-state index contributed by atoms with van der Waals surface area (Å²) < 4.78 is 2.51. The Hall–Kier alpha value is -9.90. The maximum Gasteiger partial charge on any atom is 0.252 e. The molecule has 0 bridgehead atoms. The monoisotopic (exact) mass is 1240 g/mol. The van der Waals surface area contributed by atoms with Gasteiger partial charge in [-0.3, -0.25) is 0 Å². The van der Waals surface area contributed by atoms with E-state index in [0.717, 1.165) is 17.1 Å². The van der Waals surface area contributed by atoms with Gasteiger partial charge in [-0.1, -0.05) is 264 Å². The van der Waals surface area contributed by atoms with Crippen LogP contribution in [0.25, 0.3) is 83.1 Å². The first-order chi connectivity index (χ1) is 46.2. The van der Waals surface area contributed by atoms with E-state index in [1.165, 1.54) is 170 Å². The van der Waals surface area contributed by atoms with Crippen molar-refractivity contribution in [2.45, 2.75) is 129 Å². The van der Waals surface area contributed by atoms with E-state index < -0.39 is 0 Å². The minimum Gasteiger partial charge on any atom is -0.311 e. The third kappa shape index (κ3) is 9.67. The fourth-order valence-corrected chi connectivity index (χ4v) is 17.2. The summed E-state index contributed by atoms with van der Waals surface area (Å²) in [5, 5.41) is 2.47. The highest BCUT2D eigenvalue weighted by Gasteiger charge is 2.45. The molecular formula is C92H84BN3. The van der Waals surface area contributed by atoms with Crippen LogP contribution >= 0.6 is 0 Å². The van der Waals surface area contributed by atoms with E-state index in [2.05, 4.69) is 351 Å². The lowest BCUT2D eigenvalue weighted by atomic mass is 9.33. The fraction of sp³-hybridized carbons (Fsp3) is 0.217. The Kier molecular flexibility index (Phi) is 13.6. The average molecular weight is 1240 g/mol. The van der Waals surface area contributed by atoms with Crippen LogP contribution in [0.15, 0.2) is 261 Å². The predicted octanol–water partition coefficient (Wildman–Crippen LogP) is 23.2. The standard InChI is InChI=1S/C92H84BN3/c1-88(2,3)74-28-20-18-26-71(74)66-37-47-83-80(55-66)93-79-45-42-70(96-81-29-21-19-27-72(81)73-52-63(36-46-82(73)96)59-22-14-12-15-23-59)58-84(79)95(69-40-32-62(33-41-69)65-35-44-76-78(54-65)92(10,11)51-49-90(76,6)7)86-57-67(60-24-16-13-17-25-60)56-85(87(86)93)94(83)68-38-30-61(31-39-68)64-34-43-75-77(53-64)91(8,9)50-48-89(75,4)5/h12-47,52-58H,48-51H2,1-11H3. The van der Waals surface area contributed by atoms with Gasteiger partial charge in [0, 0.05) is 50.6 Å². The van der Waals surface area contributed by atoms with Crippen molar-refractivity contribution in [1.82, 2.24) is 4.57 Å². The topological polar surface area (TPSA) is 11.4 Å². The predicted molar refractivity (Wildman–Crippen MR) is 411 cm³/mol. The quantitative estimate of drug-likeness (QED) is 0.141. The molecule has 470 valence electrons. The summed E-state index contributed by atoms with van der Waals surface area (Å²) in [5.74, 6) is 0. The van der Waals surface area contributed by atoms with E-state index in [9.17, 15) is 0 Å². The normalized spacial score (nSPS) is 16.2. The summed E-state index contributed by atoms with van der Waals surface area (Å²) in [6, 6.07) is 100. The second-order valence-corrected chi connectivity index (χ2v) is 31.8. The van der Waals surface area contributed by atoms with Crippen molar-refractivity contribution in [1.29, 1.82) is 0 Å². The molecule has 4 heteroatoms. The molecule has 13 aromatic rings. The number of rotatable bonds is 8. The molecule has 0 saturated heterocycles. The van der Waals surface area contributed by atoms with E-state index in [0.29, 0.717) is 0 Å². The van der Waals surface area contributed by atoms with Crippen LogP contribution in [0.5, 0.6) is 0 Å². The lowest BCUT2D eigenvalue weighted by Gasteiger charge is -2.45. The van der Waals surface area contributed by atoms with Crippen molar-refractivity contribution in [2.24, 2.45) is 0 Å². The number of fused-ring (bicyclic) bond motifs is 9. The Morgan fingerprint density at radius 1 is 0.302 bits per heavy atom. The van der Waals surface area contributed by atoms with Gasteiger partial charge in [-0.05, 0) is 225 Å². The van der Waals surface area contributed by atoms with Crippen LogP contribution in [0.4, 0.5) is 34.1 Å². The number of anilines is 6. The summed E-state index contributed by atoms with van der Waals surface area (Å²) >= 11 is 0. The minimum absolute atomic E-state index is 0.0783. The molecular weight excluding hydrogens is 1160 g/mol. The molecule has 4 aliphatic rings. The Balaban J connectivity index is 0.914. The highest BCUT2D eigenvalue weighted by Crippen LogP contribution is 2.52. The van der Waals surface area contributed by atoms with Gasteiger partial charge in [-0.15, -0.1) is 0 Å². The summed E-state index contributed by atoms with van der Waals surface area (Å²) in [7, 11) is 0. The zero-order valence-corrected chi connectivity index (χ0v) is 57.6. The Bertz CT molecular complexity index is 5270. The molecule has 12 aromatic carbocycles. The van der Waals surface area contributed by atoms with E-state index in [-0.39, 0.29) is 33.8 Å². The highest BCUT2D eigenvalue weighted by molar-refractivity contribution is 7.00. The van der Waals surface area contributed by atoms with E-state index in [1.54, 1.807) is 0 Å². The zero-order valence-electron chi connectivity index (χ0n) is 57.6. The first-order valence-corrected chi connectivity index (χ1v) is 35.0. The van der Waals surface area contributed by atoms with Crippen LogP contribution in [-0.4, -0.2) is 11.3 Å². The van der Waals surface area contributed by atoms with Crippen molar-refractivity contribution < 1.29 is 0 Å². The molecule has 0 saturated carbocycles. The van der Waals surface area contributed by atoms with Crippen molar-refractivity contribution in [2.75, 3.05) is 9.80 Å². The van der Waals surface area contributed by atoms with E-state index >= 15 is 0 Å². The molecule has 1 aromatic heterocycles. The smallest absolute Gasteiger partial charge is 0.252 e. The van der Waals surface area contributed by atoms with Crippen molar-refractivity contribution in [3.8, 4) is 61.3 Å². The first kappa shape index (κ1) is 59.8. The van der Waals surface area contributed by atoms with Crippen LogP contribution < -0.4 is 26.2 Å². The molecule has 0 unspecified atom stereocenters. The van der Waals surface area contributed by atoms with Crippen molar-refractivity contribution in [3.05, 3.63) is 289 Å². The summed E-state index contributed by atoms with van der Waals surface area (Å²) in [6.07, 6.45) is 4.74. The minimum atomic E-state index is -0.135. The summed E-state index contributed by atoms with van der Waals surface area (Å²) in [6.45, 7) is 26.3. The highest BCUT2D eigenvalue weighted by atomic mass is 15.2. The second kappa shape index (κ2) is 21.8. The largest absolute Gasteiger partial charge is 0.311 e. The maximum atomic E-state index is 2.62. The van der Waals surface area contributed by atoms with Crippen LogP contribution in [0.2, 0.25) is 0 Å². The summed E-state index contributed by atoms with van der Waals surface area (Å²) in [5.41, 5.74) is 34.2. The SMILES string of the molecule is CC(C)(C)c1ccccc1-c1ccc2c(c1)B1c3ccc(-n4c5ccccc5c5cc(-c6ccccc6)ccc54)cc3N(c3ccc(-c4ccc5c(c4)C(C)(C)CCC5(C)C)cc3)c3cc(-c4ccccc4)cc(c31)N2c1ccc(-c2ccc3c(c2)C(C)(C)CCC3(C)C)cc1. The molecule has 17 rings (SSSR count). The number of para-hydroxylation sites is 1. The average Bonchev–Trinajstić information content (AvgIpc) is 0.740. The van der Waals surface area contributed by atoms with Crippen LogP contribution in [0.3, 0.4) is 0 Å². The van der Waals surface area contributed by atoms with E-state index in [4.69, 9.17) is 0 Å². The van der Waals surface area contributed by atoms with Crippen LogP contribution in [0.1, 0.15) is 130 Å². The van der Waals surface area contributed by atoms with Crippen molar-refractivity contribution in [3.63, 3.8) is 0 Å². The Morgan fingerprint density at radius 3 is 1.33 bits per heavy atom. The lowest BCUT2D eigenvalue weighted by molar-refractivity contribution is 0.332. The van der Waals surface area contributed by atoms with Gasteiger partial charge in [-0.2, -0.15) is 0 Å². The molecule has 0 atom stereocenters. The van der Waals surface area contributed by atoms with Gasteiger partial charge in [0.2, 0.25) is 0 Å². The van der Waals surface area contributed by atoms with Gasteiger partial charge in [0.15, 0.2) is 0 Å². The summed E-state index contributed by atoms with van der Waals surface area (Å²) in [4.78, 5) is 5.22. The molecule has 3 nitrogen and oxygen atoms in total. The van der Waals surface area contributed by atoms with E-state index in [1.807, 2.05) is 0 Å².